The lowest BCUT2D eigenvalue weighted by molar-refractivity contribution is 0.0671. The summed E-state index contributed by atoms with van der Waals surface area (Å²) < 4.78 is 11.0. The van der Waals surface area contributed by atoms with Crippen molar-refractivity contribution >= 4 is 35.7 Å². The number of methoxy groups -OCH3 is 1. The lowest BCUT2D eigenvalue weighted by Crippen LogP contribution is -2.57. The van der Waals surface area contributed by atoms with Gasteiger partial charge in [0.25, 0.3) is 0 Å². The molecule has 30 heavy (non-hydrogen) atoms. The Balaban J connectivity index is 0.00000256. The molecular formula is C21H27ClN6O2. The SMILES string of the molecule is COc1ccccc1NC1N=C(N)N=C(N2CCOCC2)N1c1cccc(C)c1.Cl. The van der Waals surface area contributed by atoms with Crippen LogP contribution in [0.25, 0.3) is 0 Å². The van der Waals surface area contributed by atoms with E-state index >= 15 is 0 Å². The van der Waals surface area contributed by atoms with Crippen molar-refractivity contribution in [2.45, 2.75) is 13.2 Å². The molecular weight excluding hydrogens is 404 g/mol. The first-order valence-electron chi connectivity index (χ1n) is 9.66. The number of para-hydroxylation sites is 2. The molecule has 160 valence electrons. The normalized spacial score (nSPS) is 18.8. The molecule has 0 aromatic heterocycles. The van der Waals surface area contributed by atoms with Crippen LogP contribution in [-0.4, -0.2) is 56.5 Å². The van der Waals surface area contributed by atoms with Crippen molar-refractivity contribution in [3.05, 3.63) is 54.1 Å². The van der Waals surface area contributed by atoms with E-state index < -0.39 is 6.29 Å². The Labute approximate surface area is 182 Å². The molecule has 4 rings (SSSR count). The number of hydrogen-bond acceptors (Lipinski definition) is 8. The maximum Gasteiger partial charge on any atom is 0.222 e. The first-order valence-corrected chi connectivity index (χ1v) is 9.66. The molecule has 1 atom stereocenters. The van der Waals surface area contributed by atoms with Crippen molar-refractivity contribution in [3.8, 4) is 5.75 Å². The van der Waals surface area contributed by atoms with E-state index in [0.717, 1.165) is 41.7 Å². The first-order chi connectivity index (χ1) is 14.2. The third kappa shape index (κ3) is 4.60. The van der Waals surface area contributed by atoms with Crippen molar-refractivity contribution < 1.29 is 9.47 Å². The fourth-order valence-corrected chi connectivity index (χ4v) is 3.50. The number of aryl methyl sites for hydroxylation is 1. The van der Waals surface area contributed by atoms with E-state index in [0.29, 0.717) is 13.2 Å². The lowest BCUT2D eigenvalue weighted by Gasteiger charge is -2.41. The summed E-state index contributed by atoms with van der Waals surface area (Å²) in [6, 6.07) is 16.0. The summed E-state index contributed by atoms with van der Waals surface area (Å²) in [6.45, 7) is 4.87. The van der Waals surface area contributed by atoms with Crippen molar-refractivity contribution in [1.82, 2.24) is 4.90 Å². The number of ether oxygens (including phenoxy) is 2. The average Bonchev–Trinajstić information content (AvgIpc) is 2.74. The van der Waals surface area contributed by atoms with Crippen LogP contribution in [0.5, 0.6) is 5.75 Å². The van der Waals surface area contributed by atoms with E-state index in [1.165, 1.54) is 0 Å². The third-order valence-electron chi connectivity index (χ3n) is 4.89. The second-order valence-corrected chi connectivity index (χ2v) is 6.93. The maximum absolute atomic E-state index is 6.12. The molecule has 1 fully saturated rings. The maximum atomic E-state index is 6.12. The van der Waals surface area contributed by atoms with Crippen LogP contribution in [0, 0.1) is 6.92 Å². The van der Waals surface area contributed by atoms with Gasteiger partial charge in [0.2, 0.25) is 18.2 Å². The minimum Gasteiger partial charge on any atom is -0.495 e. The van der Waals surface area contributed by atoms with E-state index in [2.05, 4.69) is 50.2 Å². The number of benzene rings is 2. The molecule has 0 bridgehead atoms. The Kier molecular flexibility index (Phi) is 7.02. The number of nitrogens with one attached hydrogen (secondary N) is 1. The topological polar surface area (TPSA) is 87.7 Å². The Bertz CT molecular complexity index is 929. The summed E-state index contributed by atoms with van der Waals surface area (Å²) in [6.07, 6.45) is -0.469. The van der Waals surface area contributed by atoms with Gasteiger partial charge in [-0.3, -0.25) is 4.90 Å². The summed E-state index contributed by atoms with van der Waals surface area (Å²) in [5.41, 5.74) is 9.09. The van der Waals surface area contributed by atoms with Gasteiger partial charge in [-0.2, -0.15) is 4.99 Å². The molecule has 8 nitrogen and oxygen atoms in total. The number of morpholine rings is 1. The standard InChI is InChI=1S/C21H26N6O2.ClH/c1-15-6-5-7-16(14-15)27-20(23-17-8-3-4-9-18(17)28-2)24-19(22)25-21(27)26-10-12-29-13-11-26;/h3-9,14,20,23H,10-13H2,1-2H3,(H2,22,24);1H. The predicted molar refractivity (Wildman–Crippen MR) is 123 cm³/mol. The highest BCUT2D eigenvalue weighted by molar-refractivity contribution is 6.06. The monoisotopic (exact) mass is 430 g/mol. The largest absolute Gasteiger partial charge is 0.495 e. The second-order valence-electron chi connectivity index (χ2n) is 6.93. The van der Waals surface area contributed by atoms with E-state index in [1.807, 2.05) is 30.3 Å². The summed E-state index contributed by atoms with van der Waals surface area (Å²) in [7, 11) is 1.65. The Morgan fingerprint density at radius 1 is 1.13 bits per heavy atom. The molecule has 2 aliphatic rings. The summed E-state index contributed by atoms with van der Waals surface area (Å²) in [5, 5.41) is 3.46. The highest BCUT2D eigenvalue weighted by Crippen LogP contribution is 2.29. The number of nitrogens with zero attached hydrogens (tertiary/aromatic N) is 4. The first kappa shape index (κ1) is 21.7. The minimum absolute atomic E-state index is 0. The van der Waals surface area contributed by atoms with Crippen LogP contribution in [0.1, 0.15) is 5.56 Å². The number of aliphatic imine (C=N–C) groups is 2. The van der Waals surface area contributed by atoms with Crippen LogP contribution >= 0.6 is 12.4 Å². The van der Waals surface area contributed by atoms with E-state index in [9.17, 15) is 0 Å². The van der Waals surface area contributed by atoms with Gasteiger partial charge in [-0.05, 0) is 36.8 Å². The van der Waals surface area contributed by atoms with Gasteiger partial charge in [0.05, 0.1) is 26.0 Å². The van der Waals surface area contributed by atoms with E-state index in [-0.39, 0.29) is 18.4 Å². The number of guanidine groups is 2. The van der Waals surface area contributed by atoms with Crippen molar-refractivity contribution in [3.63, 3.8) is 0 Å². The van der Waals surface area contributed by atoms with Gasteiger partial charge < -0.3 is 25.4 Å². The van der Waals surface area contributed by atoms with Crippen molar-refractivity contribution in [2.75, 3.05) is 43.6 Å². The van der Waals surface area contributed by atoms with E-state index in [4.69, 9.17) is 15.2 Å². The molecule has 1 saturated heterocycles. The van der Waals surface area contributed by atoms with Crippen LogP contribution in [-0.2, 0) is 4.74 Å². The molecule has 2 aromatic rings. The van der Waals surface area contributed by atoms with Gasteiger partial charge in [-0.25, -0.2) is 4.99 Å². The molecule has 2 aliphatic heterocycles. The third-order valence-corrected chi connectivity index (χ3v) is 4.89. The van der Waals surface area contributed by atoms with Gasteiger partial charge in [0, 0.05) is 18.8 Å². The molecule has 0 spiro atoms. The number of anilines is 2. The molecule has 0 amide bonds. The Morgan fingerprint density at radius 3 is 2.63 bits per heavy atom. The average molecular weight is 431 g/mol. The molecule has 1 unspecified atom stereocenters. The molecule has 2 heterocycles. The van der Waals surface area contributed by atoms with Crippen molar-refractivity contribution in [2.24, 2.45) is 15.7 Å². The summed E-state index contributed by atoms with van der Waals surface area (Å²) in [5.74, 6) is 1.74. The molecule has 9 heteroatoms. The van der Waals surface area contributed by atoms with Gasteiger partial charge >= 0.3 is 0 Å². The lowest BCUT2D eigenvalue weighted by atomic mass is 10.2. The smallest absolute Gasteiger partial charge is 0.222 e. The Hall–Kier alpha value is -2.97. The van der Waals surface area contributed by atoms with Crippen LogP contribution in [0.2, 0.25) is 0 Å². The molecule has 2 aromatic carbocycles. The molecule has 0 saturated carbocycles. The number of halogens is 1. The Morgan fingerprint density at radius 2 is 1.90 bits per heavy atom. The fraction of sp³-hybridized carbons (Fsp3) is 0.333. The number of rotatable bonds is 4. The van der Waals surface area contributed by atoms with Crippen LogP contribution in [0.3, 0.4) is 0 Å². The number of hydrogen-bond donors (Lipinski definition) is 2. The quantitative estimate of drug-likeness (QED) is 0.775. The molecule has 3 N–H and O–H groups in total. The van der Waals surface area contributed by atoms with Gasteiger partial charge in [-0.1, -0.05) is 24.3 Å². The van der Waals surface area contributed by atoms with Gasteiger partial charge in [0.1, 0.15) is 5.75 Å². The highest BCUT2D eigenvalue weighted by Gasteiger charge is 2.32. The van der Waals surface area contributed by atoms with Crippen LogP contribution in [0.4, 0.5) is 11.4 Å². The zero-order valence-electron chi connectivity index (χ0n) is 17.1. The molecule has 0 radical (unpaired) electrons. The van der Waals surface area contributed by atoms with Crippen LogP contribution in [0.15, 0.2) is 58.5 Å². The molecule has 0 aliphatic carbocycles. The van der Waals surface area contributed by atoms with Gasteiger partial charge in [-0.15, -0.1) is 12.4 Å². The second kappa shape index (κ2) is 9.69. The number of nitrogens with two attached hydrogens (primary N) is 1. The summed E-state index contributed by atoms with van der Waals surface area (Å²) >= 11 is 0. The van der Waals surface area contributed by atoms with E-state index in [1.54, 1.807) is 7.11 Å². The highest BCUT2D eigenvalue weighted by atomic mass is 35.5. The summed E-state index contributed by atoms with van der Waals surface area (Å²) in [4.78, 5) is 13.4. The zero-order valence-corrected chi connectivity index (χ0v) is 17.9. The van der Waals surface area contributed by atoms with Gasteiger partial charge in [0.15, 0.2) is 0 Å². The minimum atomic E-state index is -0.469. The van der Waals surface area contributed by atoms with Crippen LogP contribution < -0.4 is 20.7 Å². The van der Waals surface area contributed by atoms with Crippen molar-refractivity contribution in [1.29, 1.82) is 0 Å². The fourth-order valence-electron chi connectivity index (χ4n) is 3.50. The predicted octanol–water partition coefficient (Wildman–Crippen LogP) is 2.64. The zero-order chi connectivity index (χ0) is 20.2.